The van der Waals surface area contributed by atoms with Crippen molar-refractivity contribution in [1.82, 2.24) is 15.2 Å². The highest BCUT2D eigenvalue weighted by Crippen LogP contribution is 2.38. The smallest absolute Gasteiger partial charge is 0.317 e. The van der Waals surface area contributed by atoms with Crippen LogP contribution in [0.3, 0.4) is 0 Å². The van der Waals surface area contributed by atoms with Crippen molar-refractivity contribution in [1.29, 1.82) is 0 Å². The number of carbonyl (C=O) groups is 1. The summed E-state index contributed by atoms with van der Waals surface area (Å²) in [6, 6.07) is 5.36. The van der Waals surface area contributed by atoms with E-state index in [0.29, 0.717) is 51.6 Å². The molecule has 26 heavy (non-hydrogen) atoms. The summed E-state index contributed by atoms with van der Waals surface area (Å²) in [4.78, 5) is 18.4. The molecule has 0 spiro atoms. The maximum Gasteiger partial charge on any atom is 0.317 e. The molecule has 8 heteroatoms. The van der Waals surface area contributed by atoms with E-state index >= 15 is 0 Å². The van der Waals surface area contributed by atoms with E-state index < -0.39 is 17.6 Å². The molecule has 1 aromatic heterocycles. The number of pyridine rings is 1. The van der Waals surface area contributed by atoms with Gasteiger partial charge in [-0.3, -0.25) is 0 Å². The zero-order chi connectivity index (χ0) is 18.6. The van der Waals surface area contributed by atoms with Crippen LogP contribution in [0.25, 0.3) is 0 Å². The summed E-state index contributed by atoms with van der Waals surface area (Å²) in [6.45, 7) is 4.68. The fourth-order valence-electron chi connectivity index (χ4n) is 3.52. The minimum atomic E-state index is -0.815. The molecule has 2 amide bonds. The standard InChI is InChI=1S/C18H27N3O5/c1-13-3-2-4-16(20-13)26-12-18(9-14(22)15(23)10-18)11-19-17(24)21-5-7-25-8-6-21/h2-4,14-15,22-23H,5-12H2,1H3,(H,19,24). The average Bonchev–Trinajstić information content (AvgIpc) is 2.93. The number of urea groups is 1. The second kappa shape index (κ2) is 8.20. The van der Waals surface area contributed by atoms with E-state index in [0.717, 1.165) is 5.69 Å². The van der Waals surface area contributed by atoms with Gasteiger partial charge in [-0.15, -0.1) is 0 Å². The maximum atomic E-state index is 12.4. The zero-order valence-corrected chi connectivity index (χ0v) is 15.1. The van der Waals surface area contributed by atoms with E-state index in [1.54, 1.807) is 11.0 Å². The molecule has 144 valence electrons. The van der Waals surface area contributed by atoms with Crippen LogP contribution in [-0.4, -0.2) is 77.8 Å². The molecule has 3 rings (SSSR count). The molecule has 1 saturated heterocycles. The van der Waals surface area contributed by atoms with Gasteiger partial charge >= 0.3 is 6.03 Å². The number of hydrogen-bond donors (Lipinski definition) is 3. The van der Waals surface area contributed by atoms with Gasteiger partial charge in [0.05, 0.1) is 32.0 Å². The Kier molecular flexibility index (Phi) is 5.95. The number of amides is 2. The van der Waals surface area contributed by atoms with Gasteiger partial charge in [0, 0.05) is 36.8 Å². The first-order valence-corrected chi connectivity index (χ1v) is 9.01. The Morgan fingerprint density at radius 3 is 2.69 bits per heavy atom. The number of aryl methyl sites for hydroxylation is 1. The fourth-order valence-corrected chi connectivity index (χ4v) is 3.52. The quantitative estimate of drug-likeness (QED) is 0.694. The van der Waals surface area contributed by atoms with Gasteiger partial charge in [0.15, 0.2) is 0 Å². The average molecular weight is 365 g/mol. The van der Waals surface area contributed by atoms with Crippen LogP contribution in [0.1, 0.15) is 18.5 Å². The highest BCUT2D eigenvalue weighted by Gasteiger charge is 2.45. The SMILES string of the molecule is Cc1cccc(OCC2(CNC(=O)N3CCOCC3)CC(O)C(O)C2)n1. The predicted molar refractivity (Wildman–Crippen MR) is 93.9 cm³/mol. The minimum absolute atomic E-state index is 0.155. The number of aliphatic hydroxyl groups is 2. The van der Waals surface area contributed by atoms with Gasteiger partial charge in [-0.25, -0.2) is 9.78 Å². The maximum absolute atomic E-state index is 12.4. The number of aromatic nitrogens is 1. The molecule has 2 atom stereocenters. The summed E-state index contributed by atoms with van der Waals surface area (Å²) < 4.78 is 11.1. The lowest BCUT2D eigenvalue weighted by molar-refractivity contribution is 0.0438. The van der Waals surface area contributed by atoms with Crippen molar-refractivity contribution in [3.05, 3.63) is 23.9 Å². The molecule has 2 aliphatic rings. The minimum Gasteiger partial charge on any atom is -0.477 e. The van der Waals surface area contributed by atoms with Crippen LogP contribution in [0.4, 0.5) is 4.79 Å². The topological polar surface area (TPSA) is 104 Å². The Morgan fingerprint density at radius 2 is 2.04 bits per heavy atom. The van der Waals surface area contributed by atoms with E-state index in [2.05, 4.69) is 10.3 Å². The van der Waals surface area contributed by atoms with Crippen LogP contribution < -0.4 is 10.1 Å². The fraction of sp³-hybridized carbons (Fsp3) is 0.667. The summed E-state index contributed by atoms with van der Waals surface area (Å²) in [5.74, 6) is 0.500. The molecule has 0 bridgehead atoms. The van der Waals surface area contributed by atoms with Crippen LogP contribution in [0.2, 0.25) is 0 Å². The first kappa shape index (κ1) is 18.9. The molecular formula is C18H27N3O5. The molecule has 0 aromatic carbocycles. The van der Waals surface area contributed by atoms with E-state index in [1.807, 2.05) is 19.1 Å². The second-order valence-corrected chi connectivity index (χ2v) is 7.21. The Morgan fingerprint density at radius 1 is 1.35 bits per heavy atom. The summed E-state index contributed by atoms with van der Waals surface area (Å²) in [6.07, 6.45) is -0.902. The monoisotopic (exact) mass is 365 g/mol. The number of nitrogens with zero attached hydrogens (tertiary/aromatic N) is 2. The molecule has 1 aliphatic heterocycles. The molecule has 2 fully saturated rings. The summed E-state index contributed by atoms with van der Waals surface area (Å²) in [5, 5.41) is 23.0. The van der Waals surface area contributed by atoms with E-state index in [-0.39, 0.29) is 12.6 Å². The number of carbonyl (C=O) groups excluding carboxylic acids is 1. The molecule has 3 N–H and O–H groups in total. The molecule has 2 heterocycles. The normalized spacial score (nSPS) is 28.8. The van der Waals surface area contributed by atoms with Gasteiger partial charge in [0.1, 0.15) is 0 Å². The zero-order valence-electron chi connectivity index (χ0n) is 15.1. The van der Waals surface area contributed by atoms with Crippen LogP contribution in [0.5, 0.6) is 5.88 Å². The molecule has 0 radical (unpaired) electrons. The lowest BCUT2D eigenvalue weighted by Crippen LogP contribution is -2.49. The number of aliphatic hydroxyl groups excluding tert-OH is 2. The third kappa shape index (κ3) is 4.63. The van der Waals surface area contributed by atoms with Crippen LogP contribution in [-0.2, 0) is 4.74 Å². The van der Waals surface area contributed by atoms with Gasteiger partial charge in [-0.05, 0) is 25.8 Å². The first-order valence-electron chi connectivity index (χ1n) is 9.01. The van der Waals surface area contributed by atoms with Gasteiger partial charge in [0.2, 0.25) is 5.88 Å². The predicted octanol–water partition coefficient (Wildman–Crippen LogP) is 0.313. The Balaban J connectivity index is 1.61. The van der Waals surface area contributed by atoms with Gasteiger partial charge in [-0.1, -0.05) is 6.07 Å². The first-order chi connectivity index (χ1) is 12.5. The van der Waals surface area contributed by atoms with E-state index in [9.17, 15) is 15.0 Å². The second-order valence-electron chi connectivity index (χ2n) is 7.21. The van der Waals surface area contributed by atoms with E-state index in [4.69, 9.17) is 9.47 Å². The Labute approximate surface area is 153 Å². The highest BCUT2D eigenvalue weighted by atomic mass is 16.5. The van der Waals surface area contributed by atoms with Crippen molar-refractivity contribution in [2.45, 2.75) is 32.0 Å². The van der Waals surface area contributed by atoms with Crippen LogP contribution in [0.15, 0.2) is 18.2 Å². The van der Waals surface area contributed by atoms with Crippen molar-refractivity contribution in [2.75, 3.05) is 39.5 Å². The number of hydrogen-bond acceptors (Lipinski definition) is 6. The van der Waals surface area contributed by atoms with Gasteiger partial charge in [0.25, 0.3) is 0 Å². The third-order valence-corrected chi connectivity index (χ3v) is 5.03. The summed E-state index contributed by atoms with van der Waals surface area (Å²) in [7, 11) is 0. The van der Waals surface area contributed by atoms with Crippen molar-refractivity contribution in [3.8, 4) is 5.88 Å². The van der Waals surface area contributed by atoms with Gasteiger partial charge in [-0.2, -0.15) is 0 Å². The molecule has 1 aromatic rings. The lowest BCUT2D eigenvalue weighted by atomic mass is 9.86. The molecule has 8 nitrogen and oxygen atoms in total. The molecule has 1 saturated carbocycles. The van der Waals surface area contributed by atoms with Crippen molar-refractivity contribution in [3.63, 3.8) is 0 Å². The number of rotatable bonds is 5. The van der Waals surface area contributed by atoms with E-state index in [1.165, 1.54) is 0 Å². The van der Waals surface area contributed by atoms with Crippen molar-refractivity contribution < 1.29 is 24.5 Å². The van der Waals surface area contributed by atoms with Crippen molar-refractivity contribution in [2.24, 2.45) is 5.41 Å². The number of ether oxygens (including phenoxy) is 2. The largest absolute Gasteiger partial charge is 0.477 e. The van der Waals surface area contributed by atoms with Crippen LogP contribution in [0, 0.1) is 12.3 Å². The molecule has 2 unspecified atom stereocenters. The third-order valence-electron chi connectivity index (χ3n) is 5.03. The van der Waals surface area contributed by atoms with Crippen LogP contribution >= 0.6 is 0 Å². The van der Waals surface area contributed by atoms with Crippen molar-refractivity contribution >= 4 is 6.03 Å². The summed E-state index contributed by atoms with van der Waals surface area (Å²) in [5.41, 5.74) is 0.315. The Hall–Kier alpha value is -1.90. The lowest BCUT2D eigenvalue weighted by Gasteiger charge is -2.32. The molecular weight excluding hydrogens is 338 g/mol. The van der Waals surface area contributed by atoms with Gasteiger partial charge < -0.3 is 29.9 Å². The Bertz CT molecular complexity index is 611. The summed E-state index contributed by atoms with van der Waals surface area (Å²) >= 11 is 0. The highest BCUT2D eigenvalue weighted by molar-refractivity contribution is 5.74. The molecule has 1 aliphatic carbocycles. The number of morpholine rings is 1. The number of nitrogens with one attached hydrogen (secondary N) is 1.